The van der Waals surface area contributed by atoms with Crippen LogP contribution in [-0.2, 0) is 9.59 Å². The Bertz CT molecular complexity index is 681. The molecular weight excluding hydrogens is 272 g/mol. The van der Waals surface area contributed by atoms with Crippen molar-refractivity contribution >= 4 is 23.2 Å². The van der Waals surface area contributed by atoms with E-state index in [4.69, 9.17) is 0 Å². The summed E-state index contributed by atoms with van der Waals surface area (Å²) >= 11 is 0. The van der Waals surface area contributed by atoms with Crippen LogP contribution in [0, 0.1) is 33.8 Å². The first-order valence-corrected chi connectivity index (χ1v) is 6.88. The third-order valence-electron chi connectivity index (χ3n) is 4.77. The van der Waals surface area contributed by atoms with Crippen LogP contribution < -0.4 is 4.90 Å². The van der Waals surface area contributed by atoms with Crippen molar-refractivity contribution in [2.45, 2.75) is 6.42 Å². The first kappa shape index (κ1) is 12.3. The molecule has 1 aromatic rings. The number of carbonyl (C=O) groups excluding carboxylic acids is 2. The lowest BCUT2D eigenvalue weighted by molar-refractivity contribution is -0.384. The second kappa shape index (κ2) is 4.00. The molecule has 106 valence electrons. The van der Waals surface area contributed by atoms with Crippen LogP contribution in [0.2, 0.25) is 0 Å². The largest absolute Gasteiger partial charge is 0.274 e. The van der Waals surface area contributed by atoms with Crippen LogP contribution >= 0.6 is 0 Å². The molecular formula is C15H12N2O4. The monoisotopic (exact) mass is 284 g/mol. The summed E-state index contributed by atoms with van der Waals surface area (Å²) in [5.41, 5.74) is 0.180. The minimum Gasteiger partial charge on any atom is -0.274 e. The van der Waals surface area contributed by atoms with Crippen molar-refractivity contribution in [3.05, 3.63) is 46.5 Å². The number of fused-ring (bicyclic) bond motifs is 5. The van der Waals surface area contributed by atoms with Gasteiger partial charge < -0.3 is 0 Å². The third kappa shape index (κ3) is 1.53. The molecule has 1 aliphatic heterocycles. The molecule has 0 N–H and O–H groups in total. The van der Waals surface area contributed by atoms with Crippen LogP contribution in [0.25, 0.3) is 0 Å². The summed E-state index contributed by atoms with van der Waals surface area (Å²) in [6.45, 7) is 0. The molecule has 3 aliphatic rings. The Kier molecular flexibility index (Phi) is 2.34. The number of nitrogens with zero attached hydrogens (tertiary/aromatic N) is 2. The van der Waals surface area contributed by atoms with Crippen LogP contribution in [0.15, 0.2) is 36.4 Å². The molecule has 0 unspecified atom stereocenters. The Morgan fingerprint density at radius 2 is 1.71 bits per heavy atom. The van der Waals surface area contributed by atoms with E-state index in [9.17, 15) is 19.7 Å². The van der Waals surface area contributed by atoms with Gasteiger partial charge in [-0.1, -0.05) is 18.2 Å². The number of hydrogen-bond acceptors (Lipinski definition) is 4. The van der Waals surface area contributed by atoms with Gasteiger partial charge in [0.05, 0.1) is 22.4 Å². The van der Waals surface area contributed by atoms with E-state index in [1.54, 1.807) is 6.07 Å². The zero-order valence-corrected chi connectivity index (χ0v) is 11.0. The van der Waals surface area contributed by atoms with Gasteiger partial charge in [-0.25, -0.2) is 4.90 Å². The Labute approximate surface area is 120 Å². The maximum absolute atomic E-state index is 12.6. The average Bonchev–Trinajstić information content (AvgIpc) is 3.13. The molecule has 6 heteroatoms. The van der Waals surface area contributed by atoms with Gasteiger partial charge in [0.15, 0.2) is 0 Å². The second-order valence-corrected chi connectivity index (χ2v) is 5.79. The van der Waals surface area contributed by atoms with Crippen molar-refractivity contribution in [1.29, 1.82) is 0 Å². The van der Waals surface area contributed by atoms with Gasteiger partial charge in [0.1, 0.15) is 0 Å². The molecule has 1 heterocycles. The number of rotatable bonds is 2. The number of carbonyl (C=O) groups is 2. The summed E-state index contributed by atoms with van der Waals surface area (Å²) in [6.07, 6.45) is 4.91. The molecule has 2 amide bonds. The summed E-state index contributed by atoms with van der Waals surface area (Å²) in [5.74, 6) is -0.733. The number of allylic oxidation sites excluding steroid dienone is 2. The smallest absolute Gasteiger partial charge is 0.271 e. The summed E-state index contributed by atoms with van der Waals surface area (Å²) in [7, 11) is 0. The summed E-state index contributed by atoms with van der Waals surface area (Å²) in [5, 5.41) is 10.8. The predicted octanol–water partition coefficient (Wildman–Crippen LogP) is 1.91. The van der Waals surface area contributed by atoms with E-state index in [1.807, 2.05) is 12.2 Å². The maximum atomic E-state index is 12.6. The normalized spacial score (nSPS) is 32.9. The van der Waals surface area contributed by atoms with Crippen LogP contribution in [-0.4, -0.2) is 16.7 Å². The number of nitro benzene ring substituents is 1. The zero-order valence-electron chi connectivity index (χ0n) is 11.0. The molecule has 1 saturated heterocycles. The van der Waals surface area contributed by atoms with Gasteiger partial charge in [-0.2, -0.15) is 0 Å². The fourth-order valence-electron chi connectivity index (χ4n) is 3.90. The molecule has 2 aliphatic carbocycles. The van der Waals surface area contributed by atoms with Gasteiger partial charge in [0.2, 0.25) is 11.8 Å². The molecule has 6 nitrogen and oxygen atoms in total. The Hall–Kier alpha value is -2.50. The van der Waals surface area contributed by atoms with E-state index in [-0.39, 0.29) is 41.2 Å². The van der Waals surface area contributed by atoms with Gasteiger partial charge in [0.25, 0.3) is 5.69 Å². The third-order valence-corrected chi connectivity index (χ3v) is 4.77. The number of benzene rings is 1. The van der Waals surface area contributed by atoms with Crippen molar-refractivity contribution in [2.75, 3.05) is 4.90 Å². The van der Waals surface area contributed by atoms with Crippen molar-refractivity contribution in [1.82, 2.24) is 0 Å². The van der Waals surface area contributed by atoms with Crippen molar-refractivity contribution in [3.63, 3.8) is 0 Å². The van der Waals surface area contributed by atoms with E-state index in [0.717, 1.165) is 11.3 Å². The highest BCUT2D eigenvalue weighted by Crippen LogP contribution is 2.53. The number of imide groups is 1. The standard InChI is InChI=1S/C15H12N2O4/c18-14-12-8-4-5-9(6-8)13(12)15(19)16(14)10-2-1-3-11(7-10)17(20)21/h1-5,7-9,12-13H,6H2/t8-,9+,12-,13+. The predicted molar refractivity (Wildman–Crippen MR) is 73.3 cm³/mol. The number of nitro groups is 1. The Morgan fingerprint density at radius 3 is 2.29 bits per heavy atom. The zero-order chi connectivity index (χ0) is 14.7. The lowest BCUT2D eigenvalue weighted by atomic mass is 9.85. The molecule has 1 saturated carbocycles. The van der Waals surface area contributed by atoms with Crippen molar-refractivity contribution < 1.29 is 14.5 Å². The van der Waals surface area contributed by atoms with E-state index in [2.05, 4.69) is 0 Å². The van der Waals surface area contributed by atoms with Crippen molar-refractivity contribution in [3.8, 4) is 0 Å². The van der Waals surface area contributed by atoms with Gasteiger partial charge in [-0.05, 0) is 24.3 Å². The molecule has 0 aromatic heterocycles. The molecule has 4 atom stereocenters. The molecule has 0 spiro atoms. The number of hydrogen-bond donors (Lipinski definition) is 0. The quantitative estimate of drug-likeness (QED) is 0.359. The van der Waals surface area contributed by atoms with Crippen molar-refractivity contribution in [2.24, 2.45) is 23.7 Å². The molecule has 0 radical (unpaired) electrons. The number of amides is 2. The lowest BCUT2D eigenvalue weighted by Crippen LogP contribution is -2.32. The maximum Gasteiger partial charge on any atom is 0.271 e. The number of non-ortho nitro benzene ring substituents is 1. The van der Waals surface area contributed by atoms with E-state index in [0.29, 0.717) is 5.69 Å². The van der Waals surface area contributed by atoms with Crippen LogP contribution in [0.5, 0.6) is 0 Å². The topological polar surface area (TPSA) is 80.5 Å². The minimum absolute atomic E-state index is 0.119. The molecule has 2 bridgehead atoms. The average molecular weight is 284 g/mol. The lowest BCUT2D eigenvalue weighted by Gasteiger charge is -2.16. The Balaban J connectivity index is 1.74. The molecule has 2 fully saturated rings. The highest BCUT2D eigenvalue weighted by Gasteiger charge is 2.59. The van der Waals surface area contributed by atoms with Crippen LogP contribution in [0.3, 0.4) is 0 Å². The van der Waals surface area contributed by atoms with Gasteiger partial charge in [-0.3, -0.25) is 19.7 Å². The highest BCUT2D eigenvalue weighted by molar-refractivity contribution is 6.22. The molecule has 4 rings (SSSR count). The second-order valence-electron chi connectivity index (χ2n) is 5.79. The molecule has 21 heavy (non-hydrogen) atoms. The van der Waals surface area contributed by atoms with Gasteiger partial charge in [0, 0.05) is 12.1 Å². The SMILES string of the molecule is O=C1[C@@H]2[C@H](C(=O)N1c1cccc([N+](=O)[O-])c1)[C@@H]1C=C[C@H]2C1. The van der Waals surface area contributed by atoms with Crippen LogP contribution in [0.1, 0.15) is 6.42 Å². The Morgan fingerprint density at radius 1 is 1.10 bits per heavy atom. The fraction of sp³-hybridized carbons (Fsp3) is 0.333. The summed E-state index contributed by atoms with van der Waals surface area (Å²) < 4.78 is 0. The van der Waals surface area contributed by atoms with E-state index in [1.165, 1.54) is 18.2 Å². The summed E-state index contributed by atoms with van der Waals surface area (Å²) in [6, 6.07) is 5.70. The summed E-state index contributed by atoms with van der Waals surface area (Å²) in [4.78, 5) is 36.6. The van der Waals surface area contributed by atoms with Gasteiger partial charge in [-0.15, -0.1) is 0 Å². The fourth-order valence-corrected chi connectivity index (χ4v) is 3.90. The molecule has 1 aromatic carbocycles. The first-order valence-electron chi connectivity index (χ1n) is 6.88. The number of anilines is 1. The van der Waals surface area contributed by atoms with E-state index >= 15 is 0 Å². The van der Waals surface area contributed by atoms with Gasteiger partial charge >= 0.3 is 0 Å². The van der Waals surface area contributed by atoms with E-state index < -0.39 is 4.92 Å². The van der Waals surface area contributed by atoms with Crippen LogP contribution in [0.4, 0.5) is 11.4 Å². The highest BCUT2D eigenvalue weighted by atomic mass is 16.6. The first-order chi connectivity index (χ1) is 10.1. The minimum atomic E-state index is -0.527.